The molecule has 1 aromatic heterocycles. The van der Waals surface area contributed by atoms with Gasteiger partial charge >= 0.3 is 11.8 Å². The first-order chi connectivity index (χ1) is 19.6. The maximum absolute atomic E-state index is 13.7. The number of likely N-dealkylation sites (tertiary alicyclic amines) is 1. The number of aromatic nitrogens is 1. The molecule has 1 saturated heterocycles. The van der Waals surface area contributed by atoms with Crippen molar-refractivity contribution in [3.8, 4) is 0 Å². The molecule has 0 atom stereocenters. The van der Waals surface area contributed by atoms with Crippen molar-refractivity contribution in [1.82, 2.24) is 15.2 Å². The van der Waals surface area contributed by atoms with Crippen molar-refractivity contribution in [2.45, 2.75) is 65.3 Å². The first-order valence-electron chi connectivity index (χ1n) is 13.7. The molecule has 1 aromatic carbocycles. The minimum atomic E-state index is -0.841. The second-order valence-electron chi connectivity index (χ2n) is 9.39. The number of carbonyl (C=O) groups is 4. The number of halogens is 1. The molecular formula is C29H40FN5O5S. The monoisotopic (exact) mass is 589 g/mol. The van der Waals surface area contributed by atoms with E-state index in [1.807, 2.05) is 19.9 Å². The number of methoxy groups -OCH3 is 1. The lowest BCUT2D eigenvalue weighted by atomic mass is 10.0. The number of piperidine rings is 1. The summed E-state index contributed by atoms with van der Waals surface area (Å²) in [7, 11) is 1.46. The van der Waals surface area contributed by atoms with Gasteiger partial charge in [-0.05, 0) is 63.1 Å². The number of thiazole rings is 1. The second-order valence-corrected chi connectivity index (χ2v) is 10.5. The standard InChI is InChI=1S/C18H24FN3O4.C11H16N2OS/c1-3-12-4-5-14(10-15(12)19)21-18(25)17(24)20-13-6-8-22(9-7-13)16(23)11-26-2;1-3-5-6-7-8-9(4-2)15-11(13-8)10(12)14/h4-5,10,13H,3,6-9,11H2,1-2H3,(H,20,24)(H,21,25);3,5H,4,6-7H2,1-2H3,(H2,12,14)/b;5-3-. The number of ether oxygens (including phenoxy) is 1. The van der Waals surface area contributed by atoms with Crippen molar-refractivity contribution in [2.24, 2.45) is 5.73 Å². The molecule has 0 unspecified atom stereocenters. The summed E-state index contributed by atoms with van der Waals surface area (Å²) in [4.78, 5) is 53.8. The molecule has 41 heavy (non-hydrogen) atoms. The zero-order valence-corrected chi connectivity index (χ0v) is 24.9. The summed E-state index contributed by atoms with van der Waals surface area (Å²) in [6, 6.07) is 4.16. The van der Waals surface area contributed by atoms with Gasteiger partial charge in [0.25, 0.3) is 5.91 Å². The van der Waals surface area contributed by atoms with E-state index in [1.54, 1.807) is 17.0 Å². The number of anilines is 1. The average Bonchev–Trinajstić information content (AvgIpc) is 3.38. The van der Waals surface area contributed by atoms with Crippen molar-refractivity contribution < 1.29 is 28.3 Å². The summed E-state index contributed by atoms with van der Waals surface area (Å²) in [5.74, 6) is -2.54. The van der Waals surface area contributed by atoms with Crippen LogP contribution in [0.25, 0.3) is 0 Å². The van der Waals surface area contributed by atoms with Gasteiger partial charge in [-0.3, -0.25) is 19.2 Å². The number of allylic oxidation sites excluding steroid dienone is 2. The van der Waals surface area contributed by atoms with E-state index in [0.29, 0.717) is 42.9 Å². The fourth-order valence-corrected chi connectivity index (χ4v) is 5.09. The van der Waals surface area contributed by atoms with Crippen LogP contribution in [-0.2, 0) is 38.4 Å². The number of carbonyl (C=O) groups excluding carboxylic acids is 4. The first-order valence-corrected chi connectivity index (χ1v) is 14.5. The quantitative estimate of drug-likeness (QED) is 0.286. The molecular weight excluding hydrogens is 549 g/mol. The van der Waals surface area contributed by atoms with Crippen molar-refractivity contribution in [3.05, 3.63) is 57.3 Å². The molecule has 2 aromatic rings. The highest BCUT2D eigenvalue weighted by Crippen LogP contribution is 2.20. The molecule has 0 saturated carbocycles. The summed E-state index contributed by atoms with van der Waals surface area (Å²) in [6.45, 7) is 6.93. The van der Waals surface area contributed by atoms with Crippen LogP contribution in [0.2, 0.25) is 0 Å². The van der Waals surface area contributed by atoms with Crippen LogP contribution in [-0.4, -0.2) is 66.4 Å². The molecule has 12 heteroatoms. The number of amides is 4. The lowest BCUT2D eigenvalue weighted by Gasteiger charge is -2.32. The van der Waals surface area contributed by atoms with E-state index in [2.05, 4.69) is 28.6 Å². The molecule has 1 aliphatic rings. The molecule has 4 N–H and O–H groups in total. The maximum atomic E-state index is 13.7. The fraction of sp³-hybridized carbons (Fsp3) is 0.483. The second kappa shape index (κ2) is 17.2. The van der Waals surface area contributed by atoms with E-state index < -0.39 is 23.5 Å². The minimum absolute atomic E-state index is 0.0345. The van der Waals surface area contributed by atoms with E-state index in [1.165, 1.54) is 29.4 Å². The predicted octanol–water partition coefficient (Wildman–Crippen LogP) is 3.39. The molecule has 0 bridgehead atoms. The third kappa shape index (κ3) is 10.7. The van der Waals surface area contributed by atoms with Gasteiger partial charge in [0.2, 0.25) is 5.91 Å². The van der Waals surface area contributed by atoms with Gasteiger partial charge in [0.15, 0.2) is 5.01 Å². The Morgan fingerprint density at radius 1 is 1.17 bits per heavy atom. The van der Waals surface area contributed by atoms with E-state index in [4.69, 9.17) is 10.5 Å². The van der Waals surface area contributed by atoms with Gasteiger partial charge < -0.3 is 26.0 Å². The number of hydrogen-bond acceptors (Lipinski definition) is 7. The summed E-state index contributed by atoms with van der Waals surface area (Å²) >= 11 is 1.42. The molecule has 0 radical (unpaired) electrons. The Balaban J connectivity index is 0.000000333. The van der Waals surface area contributed by atoms with Crippen LogP contribution in [0.3, 0.4) is 0 Å². The number of primary amides is 1. The number of aryl methyl sites for hydroxylation is 3. The highest BCUT2D eigenvalue weighted by Gasteiger charge is 2.25. The van der Waals surface area contributed by atoms with E-state index in [-0.39, 0.29) is 24.2 Å². The molecule has 224 valence electrons. The largest absolute Gasteiger partial charge is 0.375 e. The van der Waals surface area contributed by atoms with Gasteiger partial charge in [0, 0.05) is 36.8 Å². The Labute approximate surface area is 244 Å². The molecule has 1 fully saturated rings. The molecule has 4 amide bonds. The summed E-state index contributed by atoms with van der Waals surface area (Å²) in [6.07, 6.45) is 8.56. The number of benzene rings is 1. The number of nitrogens with zero attached hydrogens (tertiary/aromatic N) is 2. The van der Waals surface area contributed by atoms with E-state index in [0.717, 1.165) is 25.0 Å². The normalized spacial score (nSPS) is 13.4. The third-order valence-electron chi connectivity index (χ3n) is 6.44. The highest BCUT2D eigenvalue weighted by molar-refractivity contribution is 7.13. The predicted molar refractivity (Wildman–Crippen MR) is 157 cm³/mol. The Bertz CT molecular complexity index is 1220. The molecule has 0 aliphatic carbocycles. The van der Waals surface area contributed by atoms with Crippen LogP contribution < -0.4 is 16.4 Å². The number of nitrogens with two attached hydrogens (primary N) is 1. The smallest absolute Gasteiger partial charge is 0.313 e. The van der Waals surface area contributed by atoms with E-state index in [9.17, 15) is 23.6 Å². The molecule has 3 rings (SSSR count). The number of nitrogens with one attached hydrogen (secondary N) is 2. The van der Waals surface area contributed by atoms with Crippen molar-refractivity contribution in [2.75, 3.05) is 32.1 Å². The fourth-order valence-electron chi connectivity index (χ4n) is 4.19. The van der Waals surface area contributed by atoms with Crippen LogP contribution in [0.15, 0.2) is 30.4 Å². The molecule has 0 spiro atoms. The SMILES string of the molecule is C/C=C\CCc1nc(C(N)=O)sc1CC.CCc1ccc(NC(=O)C(=O)NC2CCN(C(=O)COC)CC2)cc1F. The summed E-state index contributed by atoms with van der Waals surface area (Å²) in [5, 5.41) is 5.48. The van der Waals surface area contributed by atoms with E-state index >= 15 is 0 Å². The Morgan fingerprint density at radius 3 is 2.44 bits per heavy atom. The highest BCUT2D eigenvalue weighted by atomic mass is 32.1. The van der Waals surface area contributed by atoms with Crippen LogP contribution in [0.1, 0.15) is 66.0 Å². The Hall–Kier alpha value is -3.64. The zero-order valence-electron chi connectivity index (χ0n) is 24.1. The Morgan fingerprint density at radius 2 is 1.88 bits per heavy atom. The van der Waals surface area contributed by atoms with Crippen LogP contribution >= 0.6 is 11.3 Å². The minimum Gasteiger partial charge on any atom is -0.375 e. The van der Waals surface area contributed by atoms with Gasteiger partial charge in [-0.15, -0.1) is 11.3 Å². The van der Waals surface area contributed by atoms with Crippen LogP contribution in [0, 0.1) is 5.82 Å². The van der Waals surface area contributed by atoms with Crippen LogP contribution in [0.5, 0.6) is 0 Å². The van der Waals surface area contributed by atoms with Crippen molar-refractivity contribution in [1.29, 1.82) is 0 Å². The van der Waals surface area contributed by atoms with Gasteiger partial charge in [0.1, 0.15) is 12.4 Å². The van der Waals surface area contributed by atoms with Crippen molar-refractivity contribution in [3.63, 3.8) is 0 Å². The lowest BCUT2D eigenvalue weighted by Crippen LogP contribution is -2.49. The lowest BCUT2D eigenvalue weighted by molar-refractivity contribution is -0.138. The average molecular weight is 590 g/mol. The van der Waals surface area contributed by atoms with Gasteiger partial charge in [-0.1, -0.05) is 32.1 Å². The van der Waals surface area contributed by atoms with Crippen molar-refractivity contribution >= 4 is 40.7 Å². The number of rotatable bonds is 10. The molecule has 10 nitrogen and oxygen atoms in total. The molecule has 1 aliphatic heterocycles. The first kappa shape index (κ1) is 33.6. The van der Waals surface area contributed by atoms with Gasteiger partial charge in [-0.25, -0.2) is 9.37 Å². The van der Waals surface area contributed by atoms with Crippen LogP contribution in [0.4, 0.5) is 10.1 Å². The number of hydrogen-bond donors (Lipinski definition) is 3. The Kier molecular flexibility index (Phi) is 14.1. The zero-order chi connectivity index (χ0) is 30.4. The maximum Gasteiger partial charge on any atom is 0.313 e. The molecule has 2 heterocycles. The van der Waals surface area contributed by atoms with Gasteiger partial charge in [-0.2, -0.15) is 0 Å². The topological polar surface area (TPSA) is 144 Å². The third-order valence-corrected chi connectivity index (χ3v) is 7.70. The summed E-state index contributed by atoms with van der Waals surface area (Å²) < 4.78 is 18.6. The van der Waals surface area contributed by atoms with Gasteiger partial charge in [0.05, 0.1) is 5.69 Å². The summed E-state index contributed by atoms with van der Waals surface area (Å²) in [5.41, 5.74) is 7.00.